The van der Waals surface area contributed by atoms with Crippen molar-refractivity contribution in [3.8, 4) is 0 Å². The topological polar surface area (TPSA) is 109 Å². The van der Waals surface area contributed by atoms with Crippen molar-refractivity contribution in [3.05, 3.63) is 35.4 Å². The Morgan fingerprint density at radius 2 is 2.06 bits per heavy atom. The third kappa shape index (κ3) is 3.89. The van der Waals surface area contributed by atoms with Crippen LogP contribution >= 0.6 is 0 Å². The number of aliphatic carboxylic acids is 1. The van der Waals surface area contributed by atoms with E-state index in [4.69, 9.17) is 10.8 Å². The molecule has 0 aliphatic rings. The fraction of sp³-hybridized carbons (Fsp3) is 0.250. The maximum atomic E-state index is 11.8. The monoisotopic (exact) mass is 250 g/mol. The lowest BCUT2D eigenvalue weighted by molar-refractivity contribution is -0.140. The van der Waals surface area contributed by atoms with Crippen LogP contribution in [0.2, 0.25) is 0 Å². The maximum Gasteiger partial charge on any atom is 0.326 e. The first-order chi connectivity index (χ1) is 8.40. The highest BCUT2D eigenvalue weighted by Gasteiger charge is 2.22. The number of carboxylic acids is 1. The summed E-state index contributed by atoms with van der Waals surface area (Å²) in [6.45, 7) is 1.81. The zero-order chi connectivity index (χ0) is 13.7. The second kappa shape index (κ2) is 5.81. The van der Waals surface area contributed by atoms with Gasteiger partial charge in [-0.3, -0.25) is 9.59 Å². The van der Waals surface area contributed by atoms with Crippen LogP contribution in [0.4, 0.5) is 0 Å². The van der Waals surface area contributed by atoms with Crippen molar-refractivity contribution in [2.24, 2.45) is 5.73 Å². The van der Waals surface area contributed by atoms with Gasteiger partial charge in [0, 0.05) is 5.56 Å². The molecule has 0 aliphatic carbocycles. The van der Waals surface area contributed by atoms with Gasteiger partial charge in [-0.1, -0.05) is 17.7 Å². The molecule has 0 aromatic heterocycles. The predicted octanol–water partition coefficient (Wildman–Crippen LogP) is 0.0534. The Hall–Kier alpha value is -2.37. The van der Waals surface area contributed by atoms with E-state index in [-0.39, 0.29) is 0 Å². The van der Waals surface area contributed by atoms with Gasteiger partial charge in [-0.2, -0.15) is 0 Å². The van der Waals surface area contributed by atoms with E-state index in [0.29, 0.717) is 5.56 Å². The predicted molar refractivity (Wildman–Crippen MR) is 63.9 cm³/mol. The molecule has 1 aromatic carbocycles. The number of rotatable bonds is 5. The molecule has 0 spiro atoms. The van der Waals surface area contributed by atoms with Crippen molar-refractivity contribution >= 4 is 17.8 Å². The van der Waals surface area contributed by atoms with Crippen LogP contribution in [0.3, 0.4) is 0 Å². The van der Waals surface area contributed by atoms with Gasteiger partial charge in [0.1, 0.15) is 6.04 Å². The lowest BCUT2D eigenvalue weighted by atomic mass is 10.1. The fourth-order valence-corrected chi connectivity index (χ4v) is 1.43. The van der Waals surface area contributed by atoms with Crippen LogP contribution in [0, 0.1) is 6.92 Å². The number of amides is 2. The average Bonchev–Trinajstić information content (AvgIpc) is 2.27. The van der Waals surface area contributed by atoms with Crippen LogP contribution in [-0.4, -0.2) is 28.9 Å². The second-order valence-corrected chi connectivity index (χ2v) is 3.90. The molecule has 6 nitrogen and oxygen atoms in total. The van der Waals surface area contributed by atoms with Gasteiger partial charge in [0.05, 0.1) is 6.42 Å². The van der Waals surface area contributed by atoms with E-state index in [2.05, 4.69) is 5.32 Å². The standard InChI is InChI=1S/C12H14N2O4/c1-7-3-2-4-8(5-7)11(16)14-9(12(17)18)6-10(13)15/h2-5,9H,6H2,1H3,(H2,13,15)(H,14,16)(H,17,18)/t9-/m1/s1. The van der Waals surface area contributed by atoms with Crippen LogP contribution in [0.25, 0.3) is 0 Å². The van der Waals surface area contributed by atoms with Crippen molar-refractivity contribution in [1.82, 2.24) is 5.32 Å². The molecule has 1 atom stereocenters. The van der Waals surface area contributed by atoms with Crippen molar-refractivity contribution < 1.29 is 19.5 Å². The van der Waals surface area contributed by atoms with E-state index in [1.54, 1.807) is 18.2 Å². The number of hydrogen-bond acceptors (Lipinski definition) is 3. The van der Waals surface area contributed by atoms with Gasteiger partial charge >= 0.3 is 5.97 Å². The minimum absolute atomic E-state index is 0.339. The molecule has 0 saturated carbocycles. The molecular weight excluding hydrogens is 236 g/mol. The minimum atomic E-state index is -1.31. The maximum absolute atomic E-state index is 11.8. The van der Waals surface area contributed by atoms with E-state index in [1.807, 2.05) is 13.0 Å². The molecule has 0 fully saturated rings. The molecule has 6 heteroatoms. The van der Waals surface area contributed by atoms with Crippen LogP contribution in [0.5, 0.6) is 0 Å². The van der Waals surface area contributed by atoms with Crippen LogP contribution in [-0.2, 0) is 9.59 Å². The molecule has 0 heterocycles. The molecule has 0 unspecified atom stereocenters. The summed E-state index contributed by atoms with van der Waals surface area (Å²) in [6.07, 6.45) is -0.438. The third-order valence-corrected chi connectivity index (χ3v) is 2.29. The van der Waals surface area contributed by atoms with Crippen molar-refractivity contribution in [2.45, 2.75) is 19.4 Å². The number of nitrogens with two attached hydrogens (primary N) is 1. The first-order valence-electron chi connectivity index (χ1n) is 5.29. The van der Waals surface area contributed by atoms with E-state index < -0.39 is 30.2 Å². The van der Waals surface area contributed by atoms with Gasteiger partial charge in [0.2, 0.25) is 5.91 Å². The van der Waals surface area contributed by atoms with E-state index >= 15 is 0 Å². The molecule has 96 valence electrons. The highest BCUT2D eigenvalue weighted by atomic mass is 16.4. The molecular formula is C12H14N2O4. The van der Waals surface area contributed by atoms with Gasteiger partial charge in [0.15, 0.2) is 0 Å². The van der Waals surface area contributed by atoms with Gasteiger partial charge in [-0.05, 0) is 19.1 Å². The minimum Gasteiger partial charge on any atom is -0.480 e. The SMILES string of the molecule is Cc1cccc(C(=O)N[C@H](CC(N)=O)C(=O)O)c1. The summed E-state index contributed by atoms with van der Waals surface area (Å²) in [5.74, 6) is -2.63. The number of nitrogens with one attached hydrogen (secondary N) is 1. The third-order valence-electron chi connectivity index (χ3n) is 2.29. The molecule has 0 saturated heterocycles. The van der Waals surface area contributed by atoms with Gasteiger partial charge in [-0.15, -0.1) is 0 Å². The smallest absolute Gasteiger partial charge is 0.326 e. The second-order valence-electron chi connectivity index (χ2n) is 3.90. The van der Waals surface area contributed by atoms with E-state index in [0.717, 1.165) is 5.56 Å². The Morgan fingerprint density at radius 3 is 2.56 bits per heavy atom. The zero-order valence-electron chi connectivity index (χ0n) is 9.84. The Bertz CT molecular complexity index is 485. The molecule has 2 amide bonds. The van der Waals surface area contributed by atoms with E-state index in [1.165, 1.54) is 0 Å². The van der Waals surface area contributed by atoms with Crippen LogP contribution in [0.1, 0.15) is 22.3 Å². The molecule has 4 N–H and O–H groups in total. The number of primary amides is 1. The Morgan fingerprint density at radius 1 is 1.39 bits per heavy atom. The van der Waals surface area contributed by atoms with Crippen LogP contribution in [0.15, 0.2) is 24.3 Å². The number of carbonyl (C=O) groups is 3. The first kappa shape index (κ1) is 13.7. The van der Waals surface area contributed by atoms with Crippen molar-refractivity contribution in [2.75, 3.05) is 0 Å². The molecule has 18 heavy (non-hydrogen) atoms. The Balaban J connectivity index is 2.78. The van der Waals surface area contributed by atoms with E-state index in [9.17, 15) is 14.4 Å². The Labute approximate surface area is 104 Å². The molecule has 1 aromatic rings. The van der Waals surface area contributed by atoms with Crippen molar-refractivity contribution in [1.29, 1.82) is 0 Å². The summed E-state index contributed by atoms with van der Waals surface area (Å²) in [5, 5.41) is 11.1. The largest absolute Gasteiger partial charge is 0.480 e. The highest BCUT2D eigenvalue weighted by Crippen LogP contribution is 2.04. The molecule has 0 radical (unpaired) electrons. The van der Waals surface area contributed by atoms with Gasteiger partial charge in [0.25, 0.3) is 5.91 Å². The summed E-state index contributed by atoms with van der Waals surface area (Å²) in [6, 6.07) is 5.38. The van der Waals surface area contributed by atoms with Crippen molar-refractivity contribution in [3.63, 3.8) is 0 Å². The summed E-state index contributed by atoms with van der Waals surface area (Å²) >= 11 is 0. The molecule has 0 aliphatic heterocycles. The van der Waals surface area contributed by atoms with Gasteiger partial charge in [-0.25, -0.2) is 4.79 Å². The summed E-state index contributed by atoms with van der Waals surface area (Å²) in [7, 11) is 0. The number of carboxylic acid groups (broad SMARTS) is 1. The fourth-order valence-electron chi connectivity index (χ4n) is 1.43. The van der Waals surface area contributed by atoms with Crippen LogP contribution < -0.4 is 11.1 Å². The highest BCUT2D eigenvalue weighted by molar-refractivity contribution is 5.97. The lowest BCUT2D eigenvalue weighted by Crippen LogP contribution is -2.43. The number of carbonyl (C=O) groups excluding carboxylic acids is 2. The molecule has 1 rings (SSSR count). The quantitative estimate of drug-likeness (QED) is 0.686. The average molecular weight is 250 g/mol. The first-order valence-corrected chi connectivity index (χ1v) is 5.29. The summed E-state index contributed by atoms with van der Waals surface area (Å²) < 4.78 is 0. The number of benzene rings is 1. The lowest BCUT2D eigenvalue weighted by Gasteiger charge is -2.12. The normalized spacial score (nSPS) is 11.6. The zero-order valence-corrected chi connectivity index (χ0v) is 9.84. The summed E-state index contributed by atoms with van der Waals surface area (Å²) in [4.78, 5) is 33.3. The summed E-state index contributed by atoms with van der Waals surface area (Å²) in [5.41, 5.74) is 6.13. The van der Waals surface area contributed by atoms with Gasteiger partial charge < -0.3 is 16.2 Å². The molecule has 0 bridgehead atoms. The number of aryl methyl sites for hydroxylation is 1. The number of hydrogen-bond donors (Lipinski definition) is 3. The Kier molecular flexibility index (Phi) is 4.42.